The maximum absolute atomic E-state index is 10.8. The van der Waals surface area contributed by atoms with E-state index in [1.165, 1.54) is 25.7 Å². The van der Waals surface area contributed by atoms with Crippen molar-refractivity contribution in [2.45, 2.75) is 52.4 Å². The zero-order valence-corrected chi connectivity index (χ0v) is 15.8. The van der Waals surface area contributed by atoms with E-state index < -0.39 is 5.69 Å². The van der Waals surface area contributed by atoms with Gasteiger partial charge >= 0.3 is 19.5 Å². The zero-order chi connectivity index (χ0) is 11.7. The number of rotatable bonds is 9. The van der Waals surface area contributed by atoms with Crippen LogP contribution in [0.5, 0.6) is 0 Å². The van der Waals surface area contributed by atoms with Crippen molar-refractivity contribution >= 4 is 29.7 Å². The molecule has 0 rings (SSSR count). The molecule has 0 aromatic rings. The van der Waals surface area contributed by atoms with Gasteiger partial charge in [0.2, 0.25) is 0 Å². The van der Waals surface area contributed by atoms with E-state index in [1.807, 2.05) is 0 Å². The molecule has 0 bridgehead atoms. The summed E-state index contributed by atoms with van der Waals surface area (Å²) in [6.45, 7) is 4.95. The summed E-state index contributed by atoms with van der Waals surface area (Å²) in [7, 11) is 0. The largest absolute Gasteiger partial charge is 2.00 e. The van der Waals surface area contributed by atoms with E-state index in [0.717, 1.165) is 18.8 Å². The fourth-order valence-electron chi connectivity index (χ4n) is 1.36. The predicted octanol–water partition coefficient (Wildman–Crippen LogP) is 3.13. The quantitative estimate of drug-likeness (QED) is 0.281. The van der Waals surface area contributed by atoms with E-state index in [9.17, 15) is 4.89 Å². The van der Waals surface area contributed by atoms with Gasteiger partial charge in [-0.15, -0.1) is 17.5 Å². The number of hydrogen-bond donors (Lipinski definition) is 0. The fourth-order valence-corrected chi connectivity index (χ4v) is 2.16. The molecule has 1 unspecified atom stereocenters. The first kappa shape index (κ1) is 19.9. The van der Waals surface area contributed by atoms with Gasteiger partial charge in [0.15, 0.2) is 0 Å². The van der Waals surface area contributed by atoms with Crippen LogP contribution in [0.3, 0.4) is 0 Å². The van der Waals surface area contributed by atoms with Crippen molar-refractivity contribution < 1.29 is 28.9 Å². The van der Waals surface area contributed by atoms with E-state index in [2.05, 4.69) is 37.9 Å². The first-order valence-corrected chi connectivity index (χ1v) is 9.23. The van der Waals surface area contributed by atoms with Gasteiger partial charge in [-0.05, 0) is 12.3 Å². The second-order valence-corrected chi connectivity index (χ2v) is 8.96. The van der Waals surface area contributed by atoms with Crippen LogP contribution in [0.15, 0.2) is 0 Å². The third-order valence-electron chi connectivity index (χ3n) is 2.18. The third kappa shape index (κ3) is 17.9. The van der Waals surface area contributed by atoms with E-state index >= 15 is 0 Å². The topological polar surface area (TPSA) is 32.3 Å². The van der Waals surface area contributed by atoms with Crippen molar-refractivity contribution in [3.8, 4) is 0 Å². The third-order valence-corrected chi connectivity index (χ3v) is 3.31. The van der Waals surface area contributed by atoms with Crippen LogP contribution in [0.1, 0.15) is 52.4 Å². The Morgan fingerprint density at radius 1 is 1.19 bits per heavy atom. The molecule has 0 fully saturated rings. The summed E-state index contributed by atoms with van der Waals surface area (Å²) in [5.41, 5.74) is -3.07. The minimum atomic E-state index is -3.07. The smallest absolute Gasteiger partial charge is 0.819 e. The molecule has 1 atom stereocenters. The molecule has 92 valence electrons. The average Bonchev–Trinajstić information content (AvgIpc) is 2.07. The van der Waals surface area contributed by atoms with Gasteiger partial charge in [-0.1, -0.05) is 46.0 Å². The zero-order valence-electron chi connectivity index (χ0n) is 10.3. The van der Waals surface area contributed by atoms with Crippen molar-refractivity contribution in [2.24, 2.45) is 5.92 Å². The Kier molecular flexibility index (Phi) is 14.4. The van der Waals surface area contributed by atoms with E-state index in [-0.39, 0.29) is 19.5 Å². The van der Waals surface area contributed by atoms with Gasteiger partial charge in [-0.25, -0.2) is 0 Å². The molecule has 0 N–H and O–H groups in total. The van der Waals surface area contributed by atoms with Crippen LogP contribution < -0.4 is 4.89 Å². The minimum absolute atomic E-state index is 0. The first-order valence-electron chi connectivity index (χ1n) is 5.58. The monoisotopic (exact) mass is 332 g/mol. The Labute approximate surface area is 123 Å². The summed E-state index contributed by atoms with van der Waals surface area (Å²) in [4.78, 5) is 10.8. The Morgan fingerprint density at radius 2 is 1.69 bits per heavy atom. The normalized spacial score (nSPS) is 14.6. The summed E-state index contributed by atoms with van der Waals surface area (Å²) in [6, 6.07) is 0. The molecule has 2 nitrogen and oxygen atoms in total. The van der Waals surface area contributed by atoms with Crippen molar-refractivity contribution in [1.29, 1.82) is 0 Å². The van der Waals surface area contributed by atoms with Crippen LogP contribution in [-0.2, 0) is 48.1 Å². The molecular formula is C10H21O2PS2Zn. The standard InChI is InChI=1S/C10H23O2PS2.Zn/c1-10(2)8-6-4-3-5-7-9-12-13(11,14)15;/h10H,3-9H2,1-2H3,(H2,11,14,15);/q;+2/p-2. The van der Waals surface area contributed by atoms with Gasteiger partial charge < -0.3 is 21.7 Å². The Morgan fingerprint density at radius 3 is 2.19 bits per heavy atom. The second-order valence-electron chi connectivity index (χ2n) is 4.23. The van der Waals surface area contributed by atoms with Crippen molar-refractivity contribution in [1.82, 2.24) is 0 Å². The average molecular weight is 334 g/mol. The molecule has 0 aliphatic rings. The second kappa shape index (κ2) is 11.6. The molecule has 6 heteroatoms. The molecule has 0 aromatic carbocycles. The summed E-state index contributed by atoms with van der Waals surface area (Å²) < 4.78 is 4.86. The molecule has 0 saturated carbocycles. The molecule has 0 radical (unpaired) electrons. The van der Waals surface area contributed by atoms with E-state index in [4.69, 9.17) is 4.52 Å². The number of hydrogen-bond acceptors (Lipinski definition) is 4. The van der Waals surface area contributed by atoms with Crippen LogP contribution in [-0.4, -0.2) is 6.61 Å². The van der Waals surface area contributed by atoms with Gasteiger partial charge in [-0.2, -0.15) is 0 Å². The molecule has 0 aliphatic carbocycles. The van der Waals surface area contributed by atoms with Crippen molar-refractivity contribution in [3.05, 3.63) is 0 Å². The first-order chi connectivity index (χ1) is 6.92. The summed E-state index contributed by atoms with van der Waals surface area (Å²) >= 11 is 8.96. The molecule has 0 saturated heterocycles. The maximum Gasteiger partial charge on any atom is 2.00 e. The van der Waals surface area contributed by atoms with Crippen LogP contribution in [0.4, 0.5) is 0 Å². The van der Waals surface area contributed by atoms with Crippen molar-refractivity contribution in [2.75, 3.05) is 6.61 Å². The molecule has 0 aromatic heterocycles. The predicted molar refractivity (Wildman–Crippen MR) is 70.1 cm³/mol. The fraction of sp³-hybridized carbons (Fsp3) is 1.00. The SMILES string of the molecule is CC(C)CCCCCCCOP([O-])(=S)[S-].[Zn+2]. The molecule has 0 spiro atoms. The molecule has 0 heterocycles. The van der Waals surface area contributed by atoms with Gasteiger partial charge in [0, 0.05) is 6.61 Å². The molecule has 0 amide bonds. The summed E-state index contributed by atoms with van der Waals surface area (Å²) in [5.74, 6) is 0.805. The van der Waals surface area contributed by atoms with Gasteiger partial charge in [-0.3, -0.25) is 0 Å². The molecule has 16 heavy (non-hydrogen) atoms. The van der Waals surface area contributed by atoms with Gasteiger partial charge in [0.1, 0.15) is 0 Å². The van der Waals surface area contributed by atoms with Crippen LogP contribution in [0, 0.1) is 5.92 Å². The van der Waals surface area contributed by atoms with E-state index in [1.54, 1.807) is 0 Å². The molecular weight excluding hydrogens is 313 g/mol. The summed E-state index contributed by atoms with van der Waals surface area (Å²) in [5, 5.41) is 0. The Bertz CT molecular complexity index is 197. The maximum atomic E-state index is 10.8. The van der Waals surface area contributed by atoms with Crippen LogP contribution in [0.2, 0.25) is 0 Å². The molecule has 0 aliphatic heterocycles. The number of unbranched alkanes of at least 4 members (excludes halogenated alkanes) is 4. The van der Waals surface area contributed by atoms with Crippen LogP contribution >= 0.6 is 5.69 Å². The Balaban J connectivity index is 0. The Hall–Kier alpha value is 1.54. The van der Waals surface area contributed by atoms with Crippen molar-refractivity contribution in [3.63, 3.8) is 0 Å². The summed E-state index contributed by atoms with van der Waals surface area (Å²) in [6.07, 6.45) is 7.14. The minimum Gasteiger partial charge on any atom is -0.819 e. The van der Waals surface area contributed by atoms with Crippen LogP contribution in [0.25, 0.3) is 0 Å². The van der Waals surface area contributed by atoms with Gasteiger partial charge in [0.05, 0.1) is 0 Å². The van der Waals surface area contributed by atoms with Gasteiger partial charge in [0.25, 0.3) is 0 Å². The van der Waals surface area contributed by atoms with E-state index in [0.29, 0.717) is 6.61 Å².